The van der Waals surface area contributed by atoms with Crippen molar-refractivity contribution in [3.63, 3.8) is 0 Å². The molecule has 0 amide bonds. The second-order valence-electron chi connectivity index (χ2n) is 5.35. The van der Waals surface area contributed by atoms with E-state index in [9.17, 15) is 0 Å². The zero-order chi connectivity index (χ0) is 14.2. The molecule has 21 heavy (non-hydrogen) atoms. The van der Waals surface area contributed by atoms with Gasteiger partial charge in [-0.05, 0) is 35.4 Å². The van der Waals surface area contributed by atoms with Crippen molar-refractivity contribution < 1.29 is 0 Å². The average Bonchev–Trinajstić information content (AvgIpc) is 2.55. The molecule has 3 aromatic carbocycles. The Bertz CT molecular complexity index is 954. The number of hydrogen-bond acceptors (Lipinski definition) is 1. The second kappa shape index (κ2) is 4.71. The smallest absolute Gasteiger partial charge is 0.0712 e. The van der Waals surface area contributed by atoms with Crippen molar-refractivity contribution in [2.75, 3.05) is 0 Å². The number of nitrogens with zero attached hydrogens (tertiary/aromatic N) is 1. The highest BCUT2D eigenvalue weighted by Gasteiger charge is 2.07. The maximum atomic E-state index is 4.81. The van der Waals surface area contributed by atoms with Gasteiger partial charge in [0.25, 0.3) is 0 Å². The minimum Gasteiger partial charge on any atom is -0.248 e. The maximum Gasteiger partial charge on any atom is 0.0712 e. The zero-order valence-corrected chi connectivity index (χ0v) is 11.9. The molecule has 0 radical (unpaired) electrons. The summed E-state index contributed by atoms with van der Waals surface area (Å²) in [5.41, 5.74) is 4.58. The highest BCUT2D eigenvalue weighted by Crippen LogP contribution is 2.29. The molecule has 0 spiro atoms. The van der Waals surface area contributed by atoms with Crippen molar-refractivity contribution in [1.82, 2.24) is 4.98 Å². The van der Waals surface area contributed by atoms with E-state index in [1.807, 2.05) is 12.1 Å². The van der Waals surface area contributed by atoms with Crippen molar-refractivity contribution in [3.05, 3.63) is 78.4 Å². The molecule has 0 aliphatic carbocycles. The van der Waals surface area contributed by atoms with Gasteiger partial charge < -0.3 is 0 Å². The number of aromatic nitrogens is 1. The fourth-order valence-corrected chi connectivity index (χ4v) is 2.92. The second-order valence-corrected chi connectivity index (χ2v) is 5.35. The van der Waals surface area contributed by atoms with Gasteiger partial charge in [-0.25, -0.2) is 4.98 Å². The van der Waals surface area contributed by atoms with Crippen LogP contribution in [-0.2, 0) is 0 Å². The molecule has 4 aromatic rings. The van der Waals surface area contributed by atoms with Crippen molar-refractivity contribution in [1.29, 1.82) is 0 Å². The van der Waals surface area contributed by atoms with Gasteiger partial charge in [0.05, 0.1) is 11.2 Å². The van der Waals surface area contributed by atoms with Gasteiger partial charge in [-0.1, -0.05) is 60.7 Å². The van der Waals surface area contributed by atoms with Crippen LogP contribution in [-0.4, -0.2) is 4.98 Å². The Hall–Kier alpha value is -2.67. The average molecular weight is 269 g/mol. The predicted molar refractivity (Wildman–Crippen MR) is 89.4 cm³/mol. The van der Waals surface area contributed by atoms with Gasteiger partial charge in [0.2, 0.25) is 0 Å². The van der Waals surface area contributed by atoms with Gasteiger partial charge in [-0.2, -0.15) is 0 Å². The zero-order valence-electron chi connectivity index (χ0n) is 11.9. The normalized spacial score (nSPS) is 11.1. The van der Waals surface area contributed by atoms with Gasteiger partial charge in [0.1, 0.15) is 0 Å². The summed E-state index contributed by atoms with van der Waals surface area (Å²) in [6.07, 6.45) is 0. The summed E-state index contributed by atoms with van der Waals surface area (Å²) in [5.74, 6) is 0. The summed E-state index contributed by atoms with van der Waals surface area (Å²) < 4.78 is 0. The van der Waals surface area contributed by atoms with Gasteiger partial charge in [-0.15, -0.1) is 0 Å². The lowest BCUT2D eigenvalue weighted by Crippen LogP contribution is -1.89. The fourth-order valence-electron chi connectivity index (χ4n) is 2.92. The summed E-state index contributed by atoms with van der Waals surface area (Å²) in [5, 5.41) is 3.75. The van der Waals surface area contributed by atoms with Crippen LogP contribution >= 0.6 is 0 Å². The third-order valence-electron chi connectivity index (χ3n) is 4.07. The summed E-state index contributed by atoms with van der Waals surface area (Å²) in [6.45, 7) is 2.18. The van der Waals surface area contributed by atoms with Crippen molar-refractivity contribution in [2.45, 2.75) is 6.92 Å². The molecule has 0 saturated carbocycles. The van der Waals surface area contributed by atoms with Crippen LogP contribution in [0.5, 0.6) is 0 Å². The number of para-hydroxylation sites is 1. The van der Waals surface area contributed by atoms with Crippen LogP contribution in [0.15, 0.2) is 72.8 Å². The first-order chi connectivity index (χ1) is 10.3. The Kier molecular flexibility index (Phi) is 2.71. The molecule has 100 valence electrons. The Morgan fingerprint density at radius 1 is 0.667 bits per heavy atom. The molecule has 1 nitrogen and oxygen atoms in total. The quantitative estimate of drug-likeness (QED) is 0.453. The Labute approximate surface area is 123 Å². The van der Waals surface area contributed by atoms with E-state index in [0.29, 0.717) is 0 Å². The molecule has 0 N–H and O–H groups in total. The van der Waals surface area contributed by atoms with Crippen molar-refractivity contribution >= 4 is 21.7 Å². The van der Waals surface area contributed by atoms with E-state index in [2.05, 4.69) is 67.6 Å². The van der Waals surface area contributed by atoms with E-state index < -0.39 is 0 Å². The molecule has 1 heterocycles. The molecule has 0 saturated heterocycles. The van der Waals surface area contributed by atoms with Crippen LogP contribution in [0, 0.1) is 6.92 Å². The lowest BCUT2D eigenvalue weighted by molar-refractivity contribution is 1.38. The number of fused-ring (bicyclic) bond motifs is 2. The molecule has 4 rings (SSSR count). The lowest BCUT2D eigenvalue weighted by atomic mass is 9.97. The molecule has 0 unspecified atom stereocenters. The van der Waals surface area contributed by atoms with Gasteiger partial charge in [0.15, 0.2) is 0 Å². The lowest BCUT2D eigenvalue weighted by Gasteiger charge is -2.10. The van der Waals surface area contributed by atoms with E-state index in [1.54, 1.807) is 0 Å². The van der Waals surface area contributed by atoms with Crippen LogP contribution in [0.2, 0.25) is 0 Å². The van der Waals surface area contributed by atoms with Crippen LogP contribution in [0.25, 0.3) is 32.9 Å². The van der Waals surface area contributed by atoms with E-state index in [1.165, 1.54) is 27.3 Å². The minimum atomic E-state index is 1.04. The van der Waals surface area contributed by atoms with E-state index in [0.717, 1.165) is 11.2 Å². The van der Waals surface area contributed by atoms with E-state index in [4.69, 9.17) is 4.98 Å². The molecular formula is C20H15N. The summed E-state index contributed by atoms with van der Waals surface area (Å²) in [7, 11) is 0. The standard InChI is InChI=1S/C20H15N/c1-14-17-8-4-2-6-15(17)10-12-18(14)20-13-11-16-7-3-5-9-19(16)21-20/h2-13H,1H3. The molecule has 1 heteroatoms. The molecule has 0 atom stereocenters. The van der Waals surface area contributed by atoms with Gasteiger partial charge in [0, 0.05) is 10.9 Å². The molecule has 0 aliphatic rings. The highest BCUT2D eigenvalue weighted by molar-refractivity contribution is 5.92. The molecule has 0 fully saturated rings. The topological polar surface area (TPSA) is 12.9 Å². The van der Waals surface area contributed by atoms with Gasteiger partial charge >= 0.3 is 0 Å². The summed E-state index contributed by atoms with van der Waals surface area (Å²) >= 11 is 0. The van der Waals surface area contributed by atoms with Gasteiger partial charge in [-0.3, -0.25) is 0 Å². The SMILES string of the molecule is Cc1c(-c2ccc3ccccc3n2)ccc2ccccc12. The first-order valence-electron chi connectivity index (χ1n) is 7.17. The number of benzene rings is 3. The monoisotopic (exact) mass is 269 g/mol. The third kappa shape index (κ3) is 1.98. The summed E-state index contributed by atoms with van der Waals surface area (Å²) in [6, 6.07) is 25.3. The fraction of sp³-hybridized carbons (Fsp3) is 0.0500. The number of hydrogen-bond donors (Lipinski definition) is 0. The van der Waals surface area contributed by atoms with Crippen LogP contribution in [0.4, 0.5) is 0 Å². The number of pyridine rings is 1. The van der Waals surface area contributed by atoms with Crippen molar-refractivity contribution in [3.8, 4) is 11.3 Å². The van der Waals surface area contributed by atoms with Crippen molar-refractivity contribution in [2.24, 2.45) is 0 Å². The van der Waals surface area contributed by atoms with Crippen LogP contribution in [0.3, 0.4) is 0 Å². The largest absolute Gasteiger partial charge is 0.248 e. The van der Waals surface area contributed by atoms with Crippen LogP contribution in [0.1, 0.15) is 5.56 Å². The van der Waals surface area contributed by atoms with E-state index in [-0.39, 0.29) is 0 Å². The van der Waals surface area contributed by atoms with Crippen LogP contribution < -0.4 is 0 Å². The highest BCUT2D eigenvalue weighted by atomic mass is 14.7. The first kappa shape index (κ1) is 12.1. The molecule has 1 aromatic heterocycles. The Morgan fingerprint density at radius 2 is 1.38 bits per heavy atom. The molecular weight excluding hydrogens is 254 g/mol. The molecule has 0 aliphatic heterocycles. The number of aryl methyl sites for hydroxylation is 1. The Morgan fingerprint density at radius 3 is 2.29 bits per heavy atom. The first-order valence-corrected chi connectivity index (χ1v) is 7.17. The third-order valence-corrected chi connectivity index (χ3v) is 4.07. The Balaban J connectivity index is 1.97. The number of rotatable bonds is 1. The summed E-state index contributed by atoms with van der Waals surface area (Å²) in [4.78, 5) is 4.81. The minimum absolute atomic E-state index is 1.04. The molecule has 0 bridgehead atoms. The van der Waals surface area contributed by atoms with E-state index >= 15 is 0 Å². The maximum absolute atomic E-state index is 4.81. The predicted octanol–water partition coefficient (Wildman–Crippen LogP) is 5.36.